The van der Waals surface area contributed by atoms with E-state index in [0.29, 0.717) is 17.8 Å². The van der Waals surface area contributed by atoms with Crippen LogP contribution in [0.1, 0.15) is 12.7 Å². The molecule has 3 aromatic rings. The van der Waals surface area contributed by atoms with Gasteiger partial charge in [0.25, 0.3) is 5.89 Å². The Labute approximate surface area is 134 Å². The van der Waals surface area contributed by atoms with Crippen LogP contribution < -0.4 is 5.32 Å². The van der Waals surface area contributed by atoms with Crippen molar-refractivity contribution in [3.05, 3.63) is 42.7 Å². The fourth-order valence-corrected chi connectivity index (χ4v) is 1.93. The summed E-state index contributed by atoms with van der Waals surface area (Å²) >= 11 is 0. The molecule has 0 amide bonds. The molecule has 8 heteroatoms. The quantitative estimate of drug-likeness (QED) is 0.773. The molecule has 0 aliphatic carbocycles. The molecule has 0 fully saturated rings. The lowest BCUT2D eigenvalue weighted by atomic mass is 10.2. The minimum atomic E-state index is 0. The first-order valence-electron chi connectivity index (χ1n) is 6.71. The van der Waals surface area contributed by atoms with Crippen molar-refractivity contribution in [3.63, 3.8) is 0 Å². The smallest absolute Gasteiger partial charge is 0.257 e. The molecule has 3 rings (SSSR count). The average molecular weight is 321 g/mol. The first kappa shape index (κ1) is 16.1. The molecule has 1 aromatic carbocycles. The lowest BCUT2D eigenvalue weighted by molar-refractivity contribution is 0.418. The molecule has 116 valence electrons. The van der Waals surface area contributed by atoms with Crippen molar-refractivity contribution >= 4 is 12.4 Å². The Balaban J connectivity index is 0.00000176. The second-order valence-electron chi connectivity index (χ2n) is 4.80. The van der Waals surface area contributed by atoms with Crippen LogP contribution in [0.2, 0.25) is 0 Å². The van der Waals surface area contributed by atoms with Crippen LogP contribution in [0, 0.1) is 0 Å². The maximum Gasteiger partial charge on any atom is 0.257 e. The molecule has 2 aromatic heterocycles. The highest BCUT2D eigenvalue weighted by molar-refractivity contribution is 5.85. The number of aromatic nitrogens is 5. The van der Waals surface area contributed by atoms with E-state index in [1.807, 2.05) is 31.3 Å². The number of halogens is 1. The summed E-state index contributed by atoms with van der Waals surface area (Å²) in [5, 5.41) is 11.2. The molecule has 7 nitrogen and oxygen atoms in total. The van der Waals surface area contributed by atoms with Gasteiger partial charge in [-0.05, 0) is 38.2 Å². The molecule has 0 bridgehead atoms. The van der Waals surface area contributed by atoms with Gasteiger partial charge in [-0.2, -0.15) is 10.1 Å². The lowest BCUT2D eigenvalue weighted by Crippen LogP contribution is -2.24. The molecule has 0 aliphatic heterocycles. The first-order valence-corrected chi connectivity index (χ1v) is 6.71. The number of likely N-dealkylation sites (N-methyl/N-ethyl adjacent to an activating group) is 1. The molecule has 0 radical (unpaired) electrons. The van der Waals surface area contributed by atoms with E-state index < -0.39 is 0 Å². The second kappa shape index (κ2) is 7.15. The molecule has 22 heavy (non-hydrogen) atoms. The van der Waals surface area contributed by atoms with Crippen LogP contribution in [0.5, 0.6) is 0 Å². The van der Waals surface area contributed by atoms with E-state index in [4.69, 9.17) is 4.52 Å². The summed E-state index contributed by atoms with van der Waals surface area (Å²) in [4.78, 5) is 8.33. The summed E-state index contributed by atoms with van der Waals surface area (Å²) in [6.07, 6.45) is 3.89. The number of benzene rings is 1. The van der Waals surface area contributed by atoms with Crippen LogP contribution in [0.25, 0.3) is 17.1 Å². The van der Waals surface area contributed by atoms with Gasteiger partial charge in [0.05, 0.1) is 5.69 Å². The van der Waals surface area contributed by atoms with Gasteiger partial charge in [0.2, 0.25) is 0 Å². The Bertz CT molecular complexity index is 694. The van der Waals surface area contributed by atoms with Crippen molar-refractivity contribution in [2.75, 3.05) is 7.05 Å². The highest BCUT2D eigenvalue weighted by Crippen LogP contribution is 2.19. The van der Waals surface area contributed by atoms with Crippen LogP contribution in [-0.2, 0) is 6.42 Å². The Morgan fingerprint density at radius 1 is 1.27 bits per heavy atom. The average Bonchev–Trinajstić information content (AvgIpc) is 3.19. The van der Waals surface area contributed by atoms with Gasteiger partial charge in [-0.25, -0.2) is 9.67 Å². The van der Waals surface area contributed by atoms with Gasteiger partial charge >= 0.3 is 0 Å². The highest BCUT2D eigenvalue weighted by Gasteiger charge is 2.11. The molecule has 2 heterocycles. The van der Waals surface area contributed by atoms with Gasteiger partial charge in [0, 0.05) is 18.0 Å². The third-order valence-electron chi connectivity index (χ3n) is 3.25. The Morgan fingerprint density at radius 2 is 2.05 bits per heavy atom. The minimum absolute atomic E-state index is 0. The summed E-state index contributed by atoms with van der Waals surface area (Å²) in [5.74, 6) is 1.23. The maximum absolute atomic E-state index is 5.30. The molecular formula is C14H17ClN6O. The zero-order valence-corrected chi connectivity index (χ0v) is 13.1. The predicted octanol–water partition coefficient (Wildman–Crippen LogP) is 1.89. The Hall–Kier alpha value is -2.25. The van der Waals surface area contributed by atoms with Gasteiger partial charge < -0.3 is 9.84 Å². The number of hydrogen-bond acceptors (Lipinski definition) is 6. The van der Waals surface area contributed by atoms with Crippen molar-refractivity contribution in [1.82, 2.24) is 30.2 Å². The van der Waals surface area contributed by atoms with Crippen LogP contribution in [-0.4, -0.2) is 38.0 Å². The molecule has 0 aliphatic rings. The predicted molar refractivity (Wildman–Crippen MR) is 84.1 cm³/mol. The molecular weight excluding hydrogens is 304 g/mol. The molecule has 1 atom stereocenters. The van der Waals surface area contributed by atoms with Crippen LogP contribution in [0.4, 0.5) is 0 Å². The molecule has 0 saturated heterocycles. The van der Waals surface area contributed by atoms with Crippen LogP contribution in [0.3, 0.4) is 0 Å². The summed E-state index contributed by atoms with van der Waals surface area (Å²) in [5.41, 5.74) is 1.81. The van der Waals surface area contributed by atoms with E-state index in [2.05, 4.69) is 32.5 Å². The van der Waals surface area contributed by atoms with E-state index in [-0.39, 0.29) is 12.4 Å². The molecule has 0 spiro atoms. The van der Waals surface area contributed by atoms with Gasteiger partial charge in [0.1, 0.15) is 12.7 Å². The highest BCUT2D eigenvalue weighted by atomic mass is 35.5. The van der Waals surface area contributed by atoms with E-state index in [9.17, 15) is 0 Å². The monoisotopic (exact) mass is 320 g/mol. The fourth-order valence-electron chi connectivity index (χ4n) is 1.93. The minimum Gasteiger partial charge on any atom is -0.334 e. The summed E-state index contributed by atoms with van der Waals surface area (Å²) < 4.78 is 7.00. The van der Waals surface area contributed by atoms with Gasteiger partial charge in [-0.3, -0.25) is 0 Å². The van der Waals surface area contributed by atoms with E-state index in [1.54, 1.807) is 11.0 Å². The van der Waals surface area contributed by atoms with Gasteiger partial charge in [-0.1, -0.05) is 5.16 Å². The second-order valence-corrected chi connectivity index (χ2v) is 4.80. The van der Waals surface area contributed by atoms with Crippen molar-refractivity contribution in [1.29, 1.82) is 0 Å². The number of rotatable bonds is 5. The molecule has 1 unspecified atom stereocenters. The van der Waals surface area contributed by atoms with Crippen molar-refractivity contribution in [3.8, 4) is 17.1 Å². The number of hydrogen-bond donors (Lipinski definition) is 1. The van der Waals surface area contributed by atoms with E-state index in [0.717, 1.165) is 17.7 Å². The van der Waals surface area contributed by atoms with E-state index in [1.165, 1.54) is 6.33 Å². The number of nitrogens with zero attached hydrogens (tertiary/aromatic N) is 5. The lowest BCUT2D eigenvalue weighted by Gasteiger charge is -2.04. The Morgan fingerprint density at radius 3 is 2.68 bits per heavy atom. The standard InChI is InChI=1S/C14H16N6O.ClH/c1-10(15-2)7-13-18-14(21-19-13)11-3-5-12(6-4-11)20-9-16-8-17-20;/h3-6,8-10,15H,7H2,1-2H3;1H. The van der Waals surface area contributed by atoms with Crippen molar-refractivity contribution in [2.24, 2.45) is 0 Å². The third kappa shape index (κ3) is 3.49. The van der Waals surface area contributed by atoms with Crippen LogP contribution >= 0.6 is 12.4 Å². The fraction of sp³-hybridized carbons (Fsp3) is 0.286. The van der Waals surface area contributed by atoms with Crippen molar-refractivity contribution < 1.29 is 4.52 Å². The largest absolute Gasteiger partial charge is 0.334 e. The third-order valence-corrected chi connectivity index (χ3v) is 3.25. The summed E-state index contributed by atoms with van der Waals surface area (Å²) in [7, 11) is 1.91. The normalized spacial score (nSPS) is 11.9. The van der Waals surface area contributed by atoms with Crippen LogP contribution in [0.15, 0.2) is 41.4 Å². The zero-order chi connectivity index (χ0) is 14.7. The SMILES string of the molecule is CNC(C)Cc1noc(-c2ccc(-n3cncn3)cc2)n1.Cl. The van der Waals surface area contributed by atoms with E-state index >= 15 is 0 Å². The zero-order valence-electron chi connectivity index (χ0n) is 12.3. The van der Waals surface area contributed by atoms with Gasteiger partial charge in [0.15, 0.2) is 5.82 Å². The Kier molecular flexibility index (Phi) is 5.24. The molecule has 0 saturated carbocycles. The maximum atomic E-state index is 5.30. The number of nitrogens with one attached hydrogen (secondary N) is 1. The first-order chi connectivity index (χ1) is 10.3. The summed E-state index contributed by atoms with van der Waals surface area (Å²) in [6.45, 7) is 2.07. The topological polar surface area (TPSA) is 81.7 Å². The van der Waals surface area contributed by atoms with Crippen molar-refractivity contribution in [2.45, 2.75) is 19.4 Å². The summed E-state index contributed by atoms with van der Waals surface area (Å²) in [6, 6.07) is 8.03. The molecule has 1 N–H and O–H groups in total. The van der Waals surface area contributed by atoms with Gasteiger partial charge in [-0.15, -0.1) is 12.4 Å².